The van der Waals surface area contributed by atoms with Crippen molar-refractivity contribution >= 4 is 11.7 Å². The minimum absolute atomic E-state index is 0.000599. The predicted molar refractivity (Wildman–Crippen MR) is 129 cm³/mol. The van der Waals surface area contributed by atoms with Crippen LogP contribution < -0.4 is 4.74 Å². The van der Waals surface area contributed by atoms with Crippen molar-refractivity contribution in [3.05, 3.63) is 72.6 Å². The summed E-state index contributed by atoms with van der Waals surface area (Å²) in [5, 5.41) is 4.11. The summed E-state index contributed by atoms with van der Waals surface area (Å²) in [6.07, 6.45) is 6.05. The maximum atomic E-state index is 13.5. The zero-order chi connectivity index (χ0) is 24.9. The highest BCUT2D eigenvalue weighted by Crippen LogP contribution is 2.34. The van der Waals surface area contributed by atoms with E-state index in [4.69, 9.17) is 9.47 Å². The molecule has 1 amide bonds. The lowest BCUT2D eigenvalue weighted by atomic mass is 9.74. The van der Waals surface area contributed by atoms with Crippen LogP contribution >= 0.6 is 0 Å². The molecule has 2 heterocycles. The number of nitrogens with zero attached hydrogens (tertiary/aromatic N) is 4. The molecule has 3 aromatic rings. The van der Waals surface area contributed by atoms with E-state index in [0.717, 1.165) is 18.5 Å². The van der Waals surface area contributed by atoms with Crippen LogP contribution in [0.15, 0.2) is 61.2 Å². The number of hydrogen-bond donors (Lipinski definition) is 0. The quantitative estimate of drug-likeness (QED) is 0.468. The Morgan fingerprint density at radius 1 is 1.03 bits per heavy atom. The highest BCUT2D eigenvalue weighted by atomic mass is 19.1. The molecule has 9 heteroatoms. The average Bonchev–Trinajstić information content (AvgIpc) is 3.47. The van der Waals surface area contributed by atoms with Gasteiger partial charge in [-0.15, -0.1) is 0 Å². The predicted octanol–water partition coefficient (Wildman–Crippen LogP) is 3.70. The van der Waals surface area contributed by atoms with Crippen molar-refractivity contribution in [2.45, 2.75) is 31.8 Å². The molecule has 2 aliphatic rings. The van der Waals surface area contributed by atoms with E-state index in [-0.39, 0.29) is 35.4 Å². The second-order valence-electron chi connectivity index (χ2n) is 9.29. The van der Waals surface area contributed by atoms with Crippen LogP contribution in [0, 0.1) is 17.7 Å². The maximum absolute atomic E-state index is 13.5. The summed E-state index contributed by atoms with van der Waals surface area (Å²) in [7, 11) is 0. The number of carbonyl (C=O) groups excluding carboxylic acids is 2. The molecule has 2 fully saturated rings. The molecule has 1 saturated heterocycles. The first-order valence-corrected chi connectivity index (χ1v) is 12.4. The van der Waals surface area contributed by atoms with Gasteiger partial charge in [0.15, 0.2) is 5.78 Å². The van der Waals surface area contributed by atoms with Crippen molar-refractivity contribution in [3.63, 3.8) is 0 Å². The molecular formula is C27H29FN4O4. The van der Waals surface area contributed by atoms with Crippen LogP contribution in [0.1, 0.15) is 36.0 Å². The third kappa shape index (κ3) is 5.46. The Morgan fingerprint density at radius 3 is 2.50 bits per heavy atom. The smallest absolute Gasteiger partial charge is 0.226 e. The molecular weight excluding hydrogens is 463 g/mol. The van der Waals surface area contributed by atoms with Crippen LogP contribution in [0.2, 0.25) is 0 Å². The zero-order valence-corrected chi connectivity index (χ0v) is 20.0. The monoisotopic (exact) mass is 492 g/mol. The van der Waals surface area contributed by atoms with E-state index in [1.807, 2.05) is 29.2 Å². The van der Waals surface area contributed by atoms with Gasteiger partial charge in [0.25, 0.3) is 0 Å². The molecule has 3 unspecified atom stereocenters. The van der Waals surface area contributed by atoms with Crippen LogP contribution in [0.3, 0.4) is 0 Å². The Labute approximate surface area is 209 Å². The lowest BCUT2D eigenvalue weighted by Crippen LogP contribution is -2.51. The summed E-state index contributed by atoms with van der Waals surface area (Å²) < 4.78 is 26.8. The standard InChI is InChI=1S/C27H29FN4O4/c28-20-7-5-19(6-8-20)26(33)24-3-1-2-4-25(24)27(34)31-13-14-35-23(15-31)16-36-22-11-9-21(10-12-22)32-18-29-17-30-32/h5-12,17-18,23-25H,1-4,13-16H2. The van der Waals surface area contributed by atoms with Gasteiger partial charge in [-0.2, -0.15) is 5.10 Å². The van der Waals surface area contributed by atoms with Gasteiger partial charge in [0.05, 0.1) is 18.8 Å². The fourth-order valence-corrected chi connectivity index (χ4v) is 5.05. The van der Waals surface area contributed by atoms with Gasteiger partial charge in [-0.25, -0.2) is 14.1 Å². The van der Waals surface area contributed by atoms with E-state index >= 15 is 0 Å². The Bertz CT molecular complexity index is 1170. The number of Topliss-reactive ketones (excluding diaryl/α,β-unsaturated/α-hetero) is 1. The van der Waals surface area contributed by atoms with E-state index in [1.165, 1.54) is 30.6 Å². The van der Waals surface area contributed by atoms with Crippen molar-refractivity contribution in [2.75, 3.05) is 26.3 Å². The molecule has 1 aromatic heterocycles. The van der Waals surface area contributed by atoms with Crippen LogP contribution in [0.4, 0.5) is 4.39 Å². The van der Waals surface area contributed by atoms with Gasteiger partial charge in [0.2, 0.25) is 5.91 Å². The van der Waals surface area contributed by atoms with Crippen molar-refractivity contribution in [1.82, 2.24) is 19.7 Å². The fraction of sp³-hybridized carbons (Fsp3) is 0.407. The van der Waals surface area contributed by atoms with Gasteiger partial charge in [-0.1, -0.05) is 12.8 Å². The van der Waals surface area contributed by atoms with Crippen LogP contribution in [0.5, 0.6) is 5.75 Å². The second-order valence-corrected chi connectivity index (χ2v) is 9.29. The largest absolute Gasteiger partial charge is 0.491 e. The minimum atomic E-state index is -0.379. The van der Waals surface area contributed by atoms with Crippen molar-refractivity contribution in [2.24, 2.45) is 11.8 Å². The molecule has 0 spiro atoms. The molecule has 5 rings (SSSR count). The Morgan fingerprint density at radius 2 is 1.78 bits per heavy atom. The number of morpholine rings is 1. The molecule has 188 valence electrons. The van der Waals surface area contributed by atoms with Gasteiger partial charge in [-0.3, -0.25) is 9.59 Å². The highest BCUT2D eigenvalue weighted by molar-refractivity contribution is 6.00. The van der Waals surface area contributed by atoms with Gasteiger partial charge in [0, 0.05) is 23.9 Å². The van der Waals surface area contributed by atoms with Crippen molar-refractivity contribution in [3.8, 4) is 11.4 Å². The SMILES string of the molecule is O=C(c1ccc(F)cc1)C1CCCCC1C(=O)N1CCOC(COc2ccc(-n3cncn3)cc2)C1. The normalized spacial score (nSPS) is 22.2. The Balaban J connectivity index is 1.19. The molecule has 8 nitrogen and oxygen atoms in total. The average molecular weight is 493 g/mol. The minimum Gasteiger partial charge on any atom is -0.491 e. The first kappa shape index (κ1) is 24.1. The van der Waals surface area contributed by atoms with E-state index in [9.17, 15) is 14.0 Å². The lowest BCUT2D eigenvalue weighted by Gasteiger charge is -2.38. The van der Waals surface area contributed by atoms with Gasteiger partial charge < -0.3 is 14.4 Å². The fourth-order valence-electron chi connectivity index (χ4n) is 5.05. The Hall–Kier alpha value is -3.59. The number of amides is 1. The molecule has 1 aliphatic heterocycles. The molecule has 0 N–H and O–H groups in total. The summed E-state index contributed by atoms with van der Waals surface area (Å²) >= 11 is 0. The number of benzene rings is 2. The van der Waals surface area contributed by atoms with Crippen molar-refractivity contribution < 1.29 is 23.5 Å². The molecule has 3 atom stereocenters. The molecule has 1 aliphatic carbocycles. The number of rotatable bonds is 7. The number of hydrogen-bond acceptors (Lipinski definition) is 6. The lowest BCUT2D eigenvalue weighted by molar-refractivity contribution is -0.146. The highest BCUT2D eigenvalue weighted by Gasteiger charge is 2.39. The van der Waals surface area contributed by atoms with E-state index < -0.39 is 0 Å². The number of carbonyl (C=O) groups is 2. The Kier molecular flexibility index (Phi) is 7.36. The molecule has 1 saturated carbocycles. The van der Waals surface area contributed by atoms with Crippen LogP contribution in [-0.4, -0.2) is 63.8 Å². The molecule has 36 heavy (non-hydrogen) atoms. The summed E-state index contributed by atoms with van der Waals surface area (Å²) in [5.41, 5.74) is 1.34. The number of ether oxygens (including phenoxy) is 2. The summed E-state index contributed by atoms with van der Waals surface area (Å²) in [6, 6.07) is 13.1. The van der Waals surface area contributed by atoms with Gasteiger partial charge >= 0.3 is 0 Å². The molecule has 0 bridgehead atoms. The number of aromatic nitrogens is 3. The third-order valence-corrected chi connectivity index (χ3v) is 6.96. The first-order valence-electron chi connectivity index (χ1n) is 12.4. The second kappa shape index (κ2) is 11.0. The van der Waals surface area contributed by atoms with E-state index in [0.29, 0.717) is 50.5 Å². The van der Waals surface area contributed by atoms with Crippen LogP contribution in [-0.2, 0) is 9.53 Å². The summed E-state index contributed by atoms with van der Waals surface area (Å²) in [4.78, 5) is 32.5. The third-order valence-electron chi connectivity index (χ3n) is 6.96. The van der Waals surface area contributed by atoms with Crippen molar-refractivity contribution in [1.29, 1.82) is 0 Å². The first-order chi connectivity index (χ1) is 17.6. The van der Waals surface area contributed by atoms with E-state index in [1.54, 1.807) is 11.0 Å². The maximum Gasteiger partial charge on any atom is 0.226 e. The number of ketones is 1. The van der Waals surface area contributed by atoms with E-state index in [2.05, 4.69) is 10.1 Å². The van der Waals surface area contributed by atoms with Crippen LogP contribution in [0.25, 0.3) is 5.69 Å². The summed E-state index contributed by atoms with van der Waals surface area (Å²) in [5.74, 6) is -0.493. The molecule has 2 aromatic carbocycles. The van der Waals surface area contributed by atoms with Gasteiger partial charge in [0.1, 0.15) is 36.9 Å². The summed E-state index contributed by atoms with van der Waals surface area (Å²) in [6.45, 7) is 1.66. The topological polar surface area (TPSA) is 86.5 Å². The zero-order valence-electron chi connectivity index (χ0n) is 20.0. The van der Waals surface area contributed by atoms with Gasteiger partial charge in [-0.05, 0) is 61.4 Å². The molecule has 0 radical (unpaired) electrons. The number of halogens is 1.